The summed E-state index contributed by atoms with van der Waals surface area (Å²) in [4.78, 5) is 4.32. The number of pyridine rings is 1. The van der Waals surface area contributed by atoms with Crippen LogP contribution in [0.2, 0.25) is 5.02 Å². The highest BCUT2D eigenvalue weighted by molar-refractivity contribution is 6.31. The predicted molar refractivity (Wildman–Crippen MR) is 79.1 cm³/mol. The van der Waals surface area contributed by atoms with Crippen LogP contribution in [0.15, 0.2) is 24.5 Å². The maximum atomic E-state index is 6.21. The van der Waals surface area contributed by atoms with Crippen molar-refractivity contribution in [2.45, 2.75) is 39.7 Å². The number of rotatable bonds is 3. The first-order valence-electron chi connectivity index (χ1n) is 6.36. The van der Waals surface area contributed by atoms with E-state index in [4.69, 9.17) is 11.6 Å². The third kappa shape index (κ3) is 3.07. The molecule has 0 saturated carbocycles. The second-order valence-corrected chi connectivity index (χ2v) is 5.86. The summed E-state index contributed by atoms with van der Waals surface area (Å²) in [6, 6.07) is 3.92. The molecule has 5 heteroatoms. The van der Waals surface area contributed by atoms with E-state index < -0.39 is 0 Å². The molecule has 0 aliphatic rings. The number of anilines is 2. The molecule has 1 N–H and O–H groups in total. The topological polar surface area (TPSA) is 42.7 Å². The van der Waals surface area contributed by atoms with Gasteiger partial charge < -0.3 is 5.32 Å². The summed E-state index contributed by atoms with van der Waals surface area (Å²) >= 11 is 6.21. The fraction of sp³-hybridized carbons (Fsp3) is 0.429. The quantitative estimate of drug-likeness (QED) is 0.923. The number of aromatic nitrogens is 3. The smallest absolute Gasteiger partial charge is 0.131 e. The zero-order chi connectivity index (χ0) is 14.0. The highest BCUT2D eigenvalue weighted by atomic mass is 35.5. The average Bonchev–Trinajstić information content (AvgIpc) is 2.77. The first-order valence-corrected chi connectivity index (χ1v) is 6.74. The van der Waals surface area contributed by atoms with Gasteiger partial charge in [-0.1, -0.05) is 32.4 Å². The summed E-state index contributed by atoms with van der Waals surface area (Å²) in [6.07, 6.45) is 3.46. The number of halogens is 1. The van der Waals surface area contributed by atoms with Crippen molar-refractivity contribution in [3.63, 3.8) is 0 Å². The van der Waals surface area contributed by atoms with Gasteiger partial charge >= 0.3 is 0 Å². The van der Waals surface area contributed by atoms with E-state index in [2.05, 4.69) is 36.2 Å². The molecule has 102 valence electrons. The predicted octanol–water partition coefficient (Wildman–Crippen LogP) is 3.99. The van der Waals surface area contributed by atoms with E-state index in [1.807, 2.05) is 23.7 Å². The number of nitrogens with zero attached hydrogens (tertiary/aromatic N) is 3. The Kier molecular flexibility index (Phi) is 3.80. The molecule has 0 spiro atoms. The lowest BCUT2D eigenvalue weighted by atomic mass is 9.87. The first kappa shape index (κ1) is 13.9. The molecule has 0 radical (unpaired) electrons. The third-order valence-electron chi connectivity index (χ3n) is 2.94. The van der Waals surface area contributed by atoms with Gasteiger partial charge in [-0.15, -0.1) is 0 Å². The standard InChI is InChI=1S/C14H19ClN4/c1-5-19-13(6-7-17-19)18-12-8-10(14(2,3)4)11(15)9-16-12/h6-9H,5H2,1-4H3,(H,16,18). The molecular weight excluding hydrogens is 260 g/mol. The highest BCUT2D eigenvalue weighted by Crippen LogP contribution is 2.31. The normalized spacial score (nSPS) is 11.6. The van der Waals surface area contributed by atoms with Crippen LogP contribution in [0.5, 0.6) is 0 Å². The summed E-state index contributed by atoms with van der Waals surface area (Å²) in [5, 5.41) is 8.19. The maximum Gasteiger partial charge on any atom is 0.131 e. The Balaban J connectivity index is 2.32. The fourth-order valence-electron chi connectivity index (χ4n) is 1.90. The van der Waals surface area contributed by atoms with E-state index in [9.17, 15) is 0 Å². The zero-order valence-corrected chi connectivity index (χ0v) is 12.5. The molecule has 2 rings (SSSR count). The lowest BCUT2D eigenvalue weighted by molar-refractivity contribution is 0.590. The Bertz CT molecular complexity index is 569. The summed E-state index contributed by atoms with van der Waals surface area (Å²) < 4.78 is 1.88. The van der Waals surface area contributed by atoms with Crippen LogP contribution in [0, 0.1) is 0 Å². The number of nitrogens with one attached hydrogen (secondary N) is 1. The molecule has 19 heavy (non-hydrogen) atoms. The molecular formula is C14H19ClN4. The van der Waals surface area contributed by atoms with Crippen molar-refractivity contribution in [3.8, 4) is 0 Å². The number of aryl methyl sites for hydroxylation is 1. The van der Waals surface area contributed by atoms with Crippen LogP contribution < -0.4 is 5.32 Å². The molecule has 0 atom stereocenters. The van der Waals surface area contributed by atoms with Crippen LogP contribution in [0.3, 0.4) is 0 Å². The monoisotopic (exact) mass is 278 g/mol. The van der Waals surface area contributed by atoms with Gasteiger partial charge in [0.1, 0.15) is 11.6 Å². The van der Waals surface area contributed by atoms with Crippen molar-refractivity contribution >= 4 is 23.2 Å². The largest absolute Gasteiger partial charge is 0.325 e. The summed E-state index contributed by atoms with van der Waals surface area (Å²) in [7, 11) is 0. The van der Waals surface area contributed by atoms with Crippen LogP contribution in [-0.2, 0) is 12.0 Å². The Hall–Kier alpha value is -1.55. The van der Waals surface area contributed by atoms with Gasteiger partial charge in [-0.05, 0) is 24.0 Å². The van der Waals surface area contributed by atoms with Gasteiger partial charge in [-0.25, -0.2) is 9.67 Å². The van der Waals surface area contributed by atoms with Gasteiger partial charge in [0.15, 0.2) is 0 Å². The Morgan fingerprint density at radius 3 is 2.74 bits per heavy atom. The van der Waals surface area contributed by atoms with Crippen molar-refractivity contribution in [2.24, 2.45) is 0 Å². The highest BCUT2D eigenvalue weighted by Gasteiger charge is 2.18. The summed E-state index contributed by atoms with van der Waals surface area (Å²) in [6.45, 7) is 9.26. The van der Waals surface area contributed by atoms with Crippen molar-refractivity contribution in [3.05, 3.63) is 35.1 Å². The van der Waals surface area contributed by atoms with E-state index >= 15 is 0 Å². The van der Waals surface area contributed by atoms with E-state index in [0.717, 1.165) is 23.7 Å². The van der Waals surface area contributed by atoms with E-state index in [1.54, 1.807) is 12.4 Å². The Labute approximate surface area is 118 Å². The van der Waals surface area contributed by atoms with Gasteiger partial charge in [0.05, 0.1) is 11.2 Å². The van der Waals surface area contributed by atoms with Gasteiger partial charge in [-0.3, -0.25) is 0 Å². The van der Waals surface area contributed by atoms with Crippen molar-refractivity contribution in [1.29, 1.82) is 0 Å². The molecule has 0 aromatic carbocycles. The minimum Gasteiger partial charge on any atom is -0.325 e. The summed E-state index contributed by atoms with van der Waals surface area (Å²) in [5.41, 5.74) is 1.07. The number of hydrogen-bond acceptors (Lipinski definition) is 3. The van der Waals surface area contributed by atoms with Crippen molar-refractivity contribution < 1.29 is 0 Å². The molecule has 2 aromatic heterocycles. The Morgan fingerprint density at radius 1 is 1.37 bits per heavy atom. The van der Waals surface area contributed by atoms with Crippen molar-refractivity contribution in [2.75, 3.05) is 5.32 Å². The van der Waals surface area contributed by atoms with Crippen molar-refractivity contribution in [1.82, 2.24) is 14.8 Å². The van der Waals surface area contributed by atoms with Gasteiger partial charge in [0.2, 0.25) is 0 Å². The van der Waals surface area contributed by atoms with E-state index in [1.165, 1.54) is 0 Å². The zero-order valence-electron chi connectivity index (χ0n) is 11.7. The van der Waals surface area contributed by atoms with Gasteiger partial charge in [0.25, 0.3) is 0 Å². The molecule has 0 bridgehead atoms. The van der Waals surface area contributed by atoms with Crippen LogP contribution in [-0.4, -0.2) is 14.8 Å². The van der Waals surface area contributed by atoms with Crippen LogP contribution in [0.25, 0.3) is 0 Å². The Morgan fingerprint density at radius 2 is 2.11 bits per heavy atom. The van der Waals surface area contributed by atoms with E-state index in [0.29, 0.717) is 5.02 Å². The molecule has 4 nitrogen and oxygen atoms in total. The SMILES string of the molecule is CCn1nccc1Nc1cc(C(C)(C)C)c(Cl)cn1. The molecule has 0 fully saturated rings. The molecule has 0 amide bonds. The minimum atomic E-state index is -0.0124. The second-order valence-electron chi connectivity index (χ2n) is 5.46. The molecule has 0 saturated heterocycles. The minimum absolute atomic E-state index is 0.0124. The lowest BCUT2D eigenvalue weighted by Crippen LogP contribution is -2.13. The average molecular weight is 279 g/mol. The second kappa shape index (κ2) is 5.21. The molecule has 2 heterocycles. The molecule has 0 aliphatic heterocycles. The van der Waals surface area contributed by atoms with E-state index in [-0.39, 0.29) is 5.41 Å². The van der Waals surface area contributed by atoms with Crippen LogP contribution in [0.4, 0.5) is 11.6 Å². The summed E-state index contributed by atoms with van der Waals surface area (Å²) in [5.74, 6) is 1.71. The number of hydrogen-bond donors (Lipinski definition) is 1. The van der Waals surface area contributed by atoms with Gasteiger partial charge in [0, 0.05) is 18.8 Å². The molecule has 0 aliphatic carbocycles. The molecule has 2 aromatic rings. The third-order valence-corrected chi connectivity index (χ3v) is 3.24. The first-order chi connectivity index (χ1) is 8.91. The fourth-order valence-corrected chi connectivity index (χ4v) is 2.29. The van der Waals surface area contributed by atoms with Crippen LogP contribution in [0.1, 0.15) is 33.3 Å². The van der Waals surface area contributed by atoms with Crippen LogP contribution >= 0.6 is 11.6 Å². The lowest BCUT2D eigenvalue weighted by Gasteiger charge is -2.21. The molecule has 0 unspecified atom stereocenters. The maximum absolute atomic E-state index is 6.21. The van der Waals surface area contributed by atoms with Gasteiger partial charge in [-0.2, -0.15) is 5.10 Å².